The Hall–Kier alpha value is -3.91. The third-order valence-corrected chi connectivity index (χ3v) is 4.55. The lowest BCUT2D eigenvalue weighted by Gasteiger charge is -2.12. The summed E-state index contributed by atoms with van der Waals surface area (Å²) in [5, 5.41) is 15.3. The van der Waals surface area contributed by atoms with Crippen molar-refractivity contribution in [3.05, 3.63) is 99.1 Å². The highest BCUT2D eigenvalue weighted by Crippen LogP contribution is 2.18. The van der Waals surface area contributed by atoms with Gasteiger partial charge in [-0.3, -0.25) is 14.9 Å². The Bertz CT molecular complexity index is 1100. The molecule has 164 valence electrons. The number of non-ortho nitro benzene ring substituents is 1. The summed E-state index contributed by atoms with van der Waals surface area (Å²) in [6.45, 7) is 1.95. The van der Waals surface area contributed by atoms with Crippen LogP contribution in [-0.4, -0.2) is 23.1 Å². The van der Waals surface area contributed by atoms with Gasteiger partial charge in [0.25, 0.3) is 11.6 Å². The Morgan fingerprint density at radius 1 is 1.12 bits per heavy atom. The van der Waals surface area contributed by atoms with Crippen LogP contribution in [0.15, 0.2) is 77.9 Å². The molecule has 1 unspecified atom stereocenters. The van der Waals surface area contributed by atoms with Crippen LogP contribution < -0.4 is 14.9 Å². The average Bonchev–Trinajstić information content (AvgIpc) is 2.79. The van der Waals surface area contributed by atoms with Gasteiger partial charge < -0.3 is 9.47 Å². The molecule has 0 bridgehead atoms. The summed E-state index contributed by atoms with van der Waals surface area (Å²) < 4.78 is 11.3. The van der Waals surface area contributed by atoms with Gasteiger partial charge in [0.2, 0.25) is 0 Å². The number of nitrogens with one attached hydrogen (secondary N) is 1. The van der Waals surface area contributed by atoms with Crippen molar-refractivity contribution in [3.8, 4) is 11.5 Å². The van der Waals surface area contributed by atoms with E-state index in [1.54, 1.807) is 25.1 Å². The number of carbonyl (C=O) groups is 1. The SMILES string of the molecule is CC(Oc1ccc([N+](=O)[O-])cc1)C(=O)N/N=C/c1cccc(OCc2ccc(Cl)cc2)c1. The zero-order chi connectivity index (χ0) is 22.9. The van der Waals surface area contributed by atoms with E-state index in [1.165, 1.54) is 30.5 Å². The lowest BCUT2D eigenvalue weighted by Crippen LogP contribution is -2.33. The maximum atomic E-state index is 12.2. The number of rotatable bonds is 9. The van der Waals surface area contributed by atoms with Gasteiger partial charge in [-0.25, -0.2) is 5.43 Å². The van der Waals surface area contributed by atoms with Crippen molar-refractivity contribution in [1.82, 2.24) is 5.43 Å². The van der Waals surface area contributed by atoms with Gasteiger partial charge in [-0.05, 0) is 54.4 Å². The number of amides is 1. The highest BCUT2D eigenvalue weighted by molar-refractivity contribution is 6.30. The van der Waals surface area contributed by atoms with Gasteiger partial charge in [-0.15, -0.1) is 0 Å². The molecule has 3 rings (SSSR count). The van der Waals surface area contributed by atoms with Gasteiger partial charge >= 0.3 is 0 Å². The van der Waals surface area contributed by atoms with Crippen molar-refractivity contribution in [1.29, 1.82) is 0 Å². The lowest BCUT2D eigenvalue weighted by molar-refractivity contribution is -0.384. The van der Waals surface area contributed by atoms with Crippen LogP contribution in [0.25, 0.3) is 0 Å². The summed E-state index contributed by atoms with van der Waals surface area (Å²) in [6, 6.07) is 20.1. The summed E-state index contributed by atoms with van der Waals surface area (Å²) in [7, 11) is 0. The van der Waals surface area contributed by atoms with Crippen LogP contribution in [0.3, 0.4) is 0 Å². The zero-order valence-electron chi connectivity index (χ0n) is 17.1. The largest absolute Gasteiger partial charge is 0.489 e. The van der Waals surface area contributed by atoms with Crippen molar-refractivity contribution < 1.29 is 19.2 Å². The van der Waals surface area contributed by atoms with Crippen molar-refractivity contribution >= 4 is 29.4 Å². The predicted molar refractivity (Wildman–Crippen MR) is 121 cm³/mol. The zero-order valence-corrected chi connectivity index (χ0v) is 17.9. The fourth-order valence-corrected chi connectivity index (χ4v) is 2.72. The minimum Gasteiger partial charge on any atom is -0.489 e. The molecule has 3 aromatic carbocycles. The maximum absolute atomic E-state index is 12.2. The fourth-order valence-electron chi connectivity index (χ4n) is 2.60. The number of carbonyl (C=O) groups excluding carboxylic acids is 1. The Labute approximate surface area is 189 Å². The number of hydrazone groups is 1. The number of hydrogen-bond acceptors (Lipinski definition) is 6. The smallest absolute Gasteiger partial charge is 0.280 e. The number of halogens is 1. The first kappa shape index (κ1) is 22.8. The van der Waals surface area contributed by atoms with E-state index >= 15 is 0 Å². The summed E-state index contributed by atoms with van der Waals surface area (Å²) >= 11 is 5.88. The van der Waals surface area contributed by atoms with Crippen molar-refractivity contribution in [3.63, 3.8) is 0 Å². The number of ether oxygens (including phenoxy) is 2. The molecule has 0 saturated carbocycles. The standard InChI is InChI=1S/C23H20ClN3O5/c1-16(32-21-11-9-20(10-12-21)27(29)30)23(28)26-25-14-18-3-2-4-22(13-18)31-15-17-5-7-19(24)8-6-17/h2-14,16H,15H2,1H3,(H,26,28)/b25-14+. The van der Waals surface area contributed by atoms with Gasteiger partial charge in [0, 0.05) is 17.2 Å². The molecule has 8 nitrogen and oxygen atoms in total. The van der Waals surface area contributed by atoms with Crippen LogP contribution in [0.4, 0.5) is 5.69 Å². The van der Waals surface area contributed by atoms with Crippen LogP contribution >= 0.6 is 11.6 Å². The quantitative estimate of drug-likeness (QED) is 0.286. The molecule has 0 aliphatic heterocycles. The summed E-state index contributed by atoms with van der Waals surface area (Å²) in [5.41, 5.74) is 4.08. The number of nitrogens with zero attached hydrogens (tertiary/aromatic N) is 2. The van der Waals surface area contributed by atoms with Crippen molar-refractivity contribution in [2.24, 2.45) is 5.10 Å². The third-order valence-electron chi connectivity index (χ3n) is 4.29. The Kier molecular flexibility index (Phi) is 7.77. The molecule has 1 amide bonds. The number of nitro groups is 1. The molecular weight excluding hydrogens is 434 g/mol. The number of hydrogen-bond donors (Lipinski definition) is 1. The predicted octanol–water partition coefficient (Wildman–Crippen LogP) is 4.74. The molecule has 0 heterocycles. The van der Waals surface area contributed by atoms with Gasteiger partial charge in [0.1, 0.15) is 18.1 Å². The second-order valence-electron chi connectivity index (χ2n) is 6.73. The molecule has 0 aliphatic carbocycles. The van der Waals surface area contributed by atoms with E-state index in [1.807, 2.05) is 30.3 Å². The molecule has 1 atom stereocenters. The topological polar surface area (TPSA) is 103 Å². The summed E-state index contributed by atoms with van der Waals surface area (Å²) in [5.74, 6) is 0.535. The molecular formula is C23H20ClN3O5. The van der Waals surface area contributed by atoms with Gasteiger partial charge in [0.05, 0.1) is 11.1 Å². The van der Waals surface area contributed by atoms with Crippen LogP contribution in [-0.2, 0) is 11.4 Å². The van der Waals surface area contributed by atoms with Crippen LogP contribution in [0, 0.1) is 10.1 Å². The molecule has 0 fully saturated rings. The second kappa shape index (κ2) is 10.9. The monoisotopic (exact) mass is 453 g/mol. The fraction of sp³-hybridized carbons (Fsp3) is 0.130. The number of benzene rings is 3. The molecule has 0 aromatic heterocycles. The molecule has 0 radical (unpaired) electrons. The summed E-state index contributed by atoms with van der Waals surface area (Å²) in [4.78, 5) is 22.3. The Morgan fingerprint density at radius 2 is 1.84 bits per heavy atom. The van der Waals surface area contributed by atoms with Crippen LogP contribution in [0.5, 0.6) is 11.5 Å². The molecule has 3 aromatic rings. The minimum absolute atomic E-state index is 0.0570. The average molecular weight is 454 g/mol. The minimum atomic E-state index is -0.845. The van der Waals surface area contributed by atoms with E-state index in [0.717, 1.165) is 11.1 Å². The molecule has 9 heteroatoms. The first-order chi connectivity index (χ1) is 15.4. The summed E-state index contributed by atoms with van der Waals surface area (Å²) in [6.07, 6.45) is 0.647. The normalized spacial score (nSPS) is 11.7. The Balaban J connectivity index is 1.50. The van der Waals surface area contributed by atoms with E-state index in [2.05, 4.69) is 10.5 Å². The van der Waals surface area contributed by atoms with Crippen molar-refractivity contribution in [2.75, 3.05) is 0 Å². The van der Waals surface area contributed by atoms with Gasteiger partial charge in [-0.2, -0.15) is 5.10 Å². The third kappa shape index (κ3) is 6.82. The van der Waals surface area contributed by atoms with Gasteiger partial charge in [0.15, 0.2) is 6.10 Å². The number of nitro benzene ring substituents is 1. The van der Waals surface area contributed by atoms with Crippen molar-refractivity contribution in [2.45, 2.75) is 19.6 Å². The van der Waals surface area contributed by atoms with Crippen LogP contribution in [0.2, 0.25) is 5.02 Å². The highest BCUT2D eigenvalue weighted by atomic mass is 35.5. The van der Waals surface area contributed by atoms with E-state index in [4.69, 9.17) is 21.1 Å². The maximum Gasteiger partial charge on any atom is 0.280 e. The second-order valence-corrected chi connectivity index (χ2v) is 7.17. The van der Waals surface area contributed by atoms with Crippen LogP contribution in [0.1, 0.15) is 18.1 Å². The molecule has 1 N–H and O–H groups in total. The molecule has 0 aliphatic rings. The van der Waals surface area contributed by atoms with Gasteiger partial charge in [-0.1, -0.05) is 35.9 Å². The Morgan fingerprint density at radius 3 is 2.53 bits per heavy atom. The van der Waals surface area contributed by atoms with E-state index in [-0.39, 0.29) is 5.69 Å². The van der Waals surface area contributed by atoms with E-state index in [9.17, 15) is 14.9 Å². The molecule has 0 saturated heterocycles. The highest BCUT2D eigenvalue weighted by Gasteiger charge is 2.14. The first-order valence-corrected chi connectivity index (χ1v) is 10.00. The van der Waals surface area contributed by atoms with E-state index < -0.39 is 16.9 Å². The molecule has 32 heavy (non-hydrogen) atoms. The van der Waals surface area contributed by atoms with E-state index in [0.29, 0.717) is 23.1 Å². The lowest BCUT2D eigenvalue weighted by atomic mass is 10.2. The first-order valence-electron chi connectivity index (χ1n) is 9.62. The molecule has 0 spiro atoms.